The first-order valence-corrected chi connectivity index (χ1v) is 9.72. The van der Waals surface area contributed by atoms with Gasteiger partial charge in [-0.05, 0) is 42.0 Å². The molecule has 1 heterocycles. The van der Waals surface area contributed by atoms with Crippen molar-refractivity contribution in [3.05, 3.63) is 74.7 Å². The van der Waals surface area contributed by atoms with E-state index in [0.717, 1.165) is 11.8 Å². The summed E-state index contributed by atoms with van der Waals surface area (Å²) in [7, 11) is 0. The number of carbonyl (C=O) groups excluding carboxylic acids is 2. The minimum absolute atomic E-state index is 0.265. The minimum Gasteiger partial charge on any atom is -0.393 e. The third kappa shape index (κ3) is 4.42. The average molecular weight is 433 g/mol. The Morgan fingerprint density at radius 2 is 1.61 bits per heavy atom. The number of imide groups is 1. The third-order valence-electron chi connectivity index (χ3n) is 4.08. The van der Waals surface area contributed by atoms with Gasteiger partial charge in [0.05, 0.1) is 16.7 Å². The van der Waals surface area contributed by atoms with Gasteiger partial charge >= 0.3 is 6.03 Å². The molecule has 0 unspecified atom stereocenters. The largest absolute Gasteiger partial charge is 0.393 e. The van der Waals surface area contributed by atoms with Crippen molar-refractivity contribution in [1.82, 2.24) is 5.32 Å². The van der Waals surface area contributed by atoms with Gasteiger partial charge in [-0.3, -0.25) is 10.1 Å². The average Bonchev–Trinajstić information content (AvgIpc) is 3.00. The number of thioether (sulfide) groups is 1. The zero-order chi connectivity index (χ0) is 20.3. The first kappa shape index (κ1) is 20.1. The zero-order valence-electron chi connectivity index (χ0n) is 14.3. The van der Waals surface area contributed by atoms with Crippen molar-refractivity contribution in [2.45, 2.75) is 11.2 Å². The number of hydrogen-bond donors (Lipinski definition) is 3. The van der Waals surface area contributed by atoms with E-state index in [1.54, 1.807) is 48.5 Å². The van der Waals surface area contributed by atoms with Gasteiger partial charge in [0.15, 0.2) is 0 Å². The van der Waals surface area contributed by atoms with E-state index in [2.05, 4.69) is 16.7 Å². The molecule has 3 rings (SSSR count). The Hall–Kier alpha value is -2.66. The van der Waals surface area contributed by atoms with Crippen LogP contribution in [0.1, 0.15) is 11.5 Å². The lowest BCUT2D eigenvalue weighted by Crippen LogP contribution is -2.41. The van der Waals surface area contributed by atoms with Gasteiger partial charge in [-0.2, -0.15) is 5.26 Å². The maximum atomic E-state index is 12.7. The summed E-state index contributed by atoms with van der Waals surface area (Å²) >= 11 is 12.8. The third-order valence-corrected chi connectivity index (χ3v) is 5.80. The fourth-order valence-electron chi connectivity index (χ4n) is 2.79. The number of halogens is 2. The van der Waals surface area contributed by atoms with Crippen LogP contribution in [0.4, 0.5) is 10.5 Å². The maximum absolute atomic E-state index is 12.7. The Kier molecular flexibility index (Phi) is 6.15. The molecule has 28 heavy (non-hydrogen) atoms. The van der Waals surface area contributed by atoms with E-state index in [4.69, 9.17) is 28.9 Å². The number of hydrogen-bond acceptors (Lipinski definition) is 5. The molecular weight excluding hydrogens is 419 g/mol. The lowest BCUT2D eigenvalue weighted by Gasteiger charge is -2.19. The highest BCUT2D eigenvalue weighted by molar-refractivity contribution is 8.04. The molecule has 0 aliphatic carbocycles. The van der Waals surface area contributed by atoms with Crippen LogP contribution in [-0.4, -0.2) is 17.2 Å². The normalized spacial score (nSPS) is 18.5. The number of nitrogens with zero attached hydrogens (tertiary/aromatic N) is 1. The lowest BCUT2D eigenvalue weighted by atomic mass is 9.89. The number of urea groups is 1. The van der Waals surface area contributed by atoms with E-state index in [1.165, 1.54) is 0 Å². The van der Waals surface area contributed by atoms with Gasteiger partial charge in [0.1, 0.15) is 5.25 Å². The van der Waals surface area contributed by atoms with Crippen molar-refractivity contribution in [3.63, 3.8) is 0 Å². The zero-order valence-corrected chi connectivity index (χ0v) is 16.6. The Balaban J connectivity index is 1.76. The monoisotopic (exact) mass is 432 g/mol. The molecular formula is C19H14Cl2N4O2S. The van der Waals surface area contributed by atoms with Crippen LogP contribution in [0.2, 0.25) is 10.0 Å². The molecule has 0 bridgehead atoms. The number of anilines is 1. The summed E-state index contributed by atoms with van der Waals surface area (Å²) in [6, 6.07) is 14.7. The van der Waals surface area contributed by atoms with Crippen molar-refractivity contribution in [2.24, 2.45) is 5.73 Å². The van der Waals surface area contributed by atoms with Crippen molar-refractivity contribution in [3.8, 4) is 6.07 Å². The maximum Gasteiger partial charge on any atom is 0.325 e. The minimum atomic E-state index is -0.758. The van der Waals surface area contributed by atoms with Crippen molar-refractivity contribution >= 4 is 52.6 Å². The highest BCUT2D eigenvalue weighted by Gasteiger charge is 2.41. The van der Waals surface area contributed by atoms with Crippen molar-refractivity contribution in [2.75, 3.05) is 5.32 Å². The second-order valence-electron chi connectivity index (χ2n) is 5.91. The van der Waals surface area contributed by atoms with Gasteiger partial charge in [0, 0.05) is 21.7 Å². The molecule has 2 aromatic carbocycles. The van der Waals surface area contributed by atoms with Crippen molar-refractivity contribution < 1.29 is 9.59 Å². The second kappa shape index (κ2) is 8.57. The van der Waals surface area contributed by atoms with Gasteiger partial charge < -0.3 is 11.1 Å². The van der Waals surface area contributed by atoms with E-state index in [9.17, 15) is 14.9 Å². The van der Waals surface area contributed by atoms with Crippen LogP contribution >= 0.6 is 35.0 Å². The molecule has 0 fully saturated rings. The number of amides is 3. The summed E-state index contributed by atoms with van der Waals surface area (Å²) in [5, 5.41) is 14.9. The molecule has 2 aromatic rings. The molecule has 0 saturated heterocycles. The Labute approximate surface area is 175 Å². The number of benzene rings is 2. The molecule has 6 nitrogen and oxygen atoms in total. The van der Waals surface area contributed by atoms with Crippen molar-refractivity contribution in [1.29, 1.82) is 5.26 Å². The molecule has 1 aliphatic heterocycles. The molecule has 0 saturated carbocycles. The number of nitrogens with two attached hydrogens (primary N) is 1. The molecule has 2 atom stereocenters. The van der Waals surface area contributed by atoms with Crippen LogP contribution < -0.4 is 16.4 Å². The fourth-order valence-corrected chi connectivity index (χ4v) is 4.21. The highest BCUT2D eigenvalue weighted by atomic mass is 35.5. The summed E-state index contributed by atoms with van der Waals surface area (Å²) in [6.07, 6.45) is 0. The Morgan fingerprint density at radius 1 is 1.04 bits per heavy atom. The van der Waals surface area contributed by atoms with Crippen LogP contribution in [0.3, 0.4) is 0 Å². The number of rotatable bonds is 3. The molecule has 0 radical (unpaired) electrons. The standard InChI is InChI=1S/C19H14Cl2N4O2S/c20-11-3-1-10(2-4-11)15-14(9-22)17(23)28-16(15)18(26)25-19(27)24-13-7-5-12(21)6-8-13/h1-8,15-16H,23H2,(H2,24,25,26,27)/t15-,16-/m1/s1. The van der Waals surface area contributed by atoms with E-state index in [1.807, 2.05) is 0 Å². The van der Waals surface area contributed by atoms with Crippen LogP contribution in [-0.2, 0) is 4.79 Å². The predicted octanol–water partition coefficient (Wildman–Crippen LogP) is 4.23. The second-order valence-corrected chi connectivity index (χ2v) is 7.96. The lowest BCUT2D eigenvalue weighted by molar-refractivity contribution is -0.119. The summed E-state index contributed by atoms with van der Waals surface area (Å²) in [6.45, 7) is 0. The topological polar surface area (TPSA) is 108 Å². The number of nitriles is 1. The Morgan fingerprint density at radius 3 is 2.18 bits per heavy atom. The Bertz CT molecular complexity index is 984. The smallest absolute Gasteiger partial charge is 0.325 e. The molecule has 1 aliphatic rings. The predicted molar refractivity (Wildman–Crippen MR) is 111 cm³/mol. The summed E-state index contributed by atoms with van der Waals surface area (Å²) < 4.78 is 0. The summed E-state index contributed by atoms with van der Waals surface area (Å²) in [4.78, 5) is 24.9. The number of nitrogens with one attached hydrogen (secondary N) is 2. The van der Waals surface area contributed by atoms with Gasteiger partial charge in [-0.1, -0.05) is 47.1 Å². The van der Waals surface area contributed by atoms with E-state index in [0.29, 0.717) is 26.9 Å². The van der Waals surface area contributed by atoms with Gasteiger partial charge in [-0.25, -0.2) is 4.79 Å². The van der Waals surface area contributed by atoms with Gasteiger partial charge in [0.25, 0.3) is 0 Å². The van der Waals surface area contributed by atoms with Crippen LogP contribution in [0, 0.1) is 11.3 Å². The fraction of sp³-hybridized carbons (Fsp3) is 0.105. The van der Waals surface area contributed by atoms with Crippen LogP contribution in [0.25, 0.3) is 0 Å². The first-order valence-electron chi connectivity index (χ1n) is 8.08. The van der Waals surface area contributed by atoms with Gasteiger partial charge in [-0.15, -0.1) is 0 Å². The SMILES string of the molecule is N#CC1=C(N)S[C@@H](C(=O)NC(=O)Nc2ccc(Cl)cc2)[C@@H]1c1ccc(Cl)cc1. The summed E-state index contributed by atoms with van der Waals surface area (Å²) in [5.74, 6) is -1.12. The van der Waals surface area contributed by atoms with Crippen LogP contribution in [0.5, 0.6) is 0 Å². The molecule has 3 amide bonds. The summed E-state index contributed by atoms with van der Waals surface area (Å²) in [5.41, 5.74) is 7.44. The van der Waals surface area contributed by atoms with Crippen LogP contribution in [0.15, 0.2) is 59.1 Å². The highest BCUT2D eigenvalue weighted by Crippen LogP contribution is 2.45. The molecule has 142 valence electrons. The number of carbonyl (C=O) groups is 2. The van der Waals surface area contributed by atoms with Gasteiger partial charge in [0.2, 0.25) is 5.91 Å². The van der Waals surface area contributed by atoms with E-state index >= 15 is 0 Å². The molecule has 4 N–H and O–H groups in total. The first-order chi connectivity index (χ1) is 13.4. The molecule has 0 spiro atoms. The van der Waals surface area contributed by atoms with E-state index in [-0.39, 0.29) is 5.03 Å². The molecule has 0 aromatic heterocycles. The molecule has 9 heteroatoms. The quantitative estimate of drug-likeness (QED) is 0.671. The van der Waals surface area contributed by atoms with E-state index < -0.39 is 23.1 Å². The number of allylic oxidation sites excluding steroid dienone is 1.